The van der Waals surface area contributed by atoms with Crippen LogP contribution >= 0.6 is 12.4 Å². The van der Waals surface area contributed by atoms with Crippen LogP contribution in [0, 0.1) is 11.8 Å². The first kappa shape index (κ1) is 18.3. The van der Waals surface area contributed by atoms with Gasteiger partial charge in [-0.1, -0.05) is 30.3 Å². The Bertz CT molecular complexity index is 470. The molecule has 0 spiro atoms. The van der Waals surface area contributed by atoms with E-state index < -0.39 is 0 Å². The largest absolute Gasteiger partial charge is 0.353 e. The van der Waals surface area contributed by atoms with Gasteiger partial charge in [-0.2, -0.15) is 0 Å². The number of amides is 1. The number of rotatable bonds is 7. The van der Waals surface area contributed by atoms with E-state index in [9.17, 15) is 4.79 Å². The second kappa shape index (κ2) is 9.29. The van der Waals surface area contributed by atoms with Crippen LogP contribution in [0.4, 0.5) is 0 Å². The minimum Gasteiger partial charge on any atom is -0.353 e. The summed E-state index contributed by atoms with van der Waals surface area (Å²) in [6, 6.07) is 10.9. The van der Waals surface area contributed by atoms with E-state index in [4.69, 9.17) is 0 Å². The number of hydrogen-bond donors (Lipinski definition) is 2. The van der Waals surface area contributed by atoms with Gasteiger partial charge in [0, 0.05) is 12.5 Å². The molecule has 1 aromatic carbocycles. The summed E-state index contributed by atoms with van der Waals surface area (Å²) in [5.74, 6) is 1.69. The molecular weight excluding hydrogens is 308 g/mol. The van der Waals surface area contributed by atoms with Gasteiger partial charge in [-0.25, -0.2) is 0 Å². The first-order chi connectivity index (χ1) is 10.8. The predicted octanol–water partition coefficient (Wildman–Crippen LogP) is 3.33. The van der Waals surface area contributed by atoms with Gasteiger partial charge in [-0.15, -0.1) is 12.4 Å². The van der Waals surface area contributed by atoms with Gasteiger partial charge in [0.2, 0.25) is 5.91 Å². The zero-order valence-corrected chi connectivity index (χ0v) is 14.6. The molecule has 1 unspecified atom stereocenters. The van der Waals surface area contributed by atoms with E-state index in [0.29, 0.717) is 18.4 Å². The molecule has 1 atom stereocenters. The molecular formula is C19H29ClN2O. The average molecular weight is 337 g/mol. The molecule has 1 heterocycles. The van der Waals surface area contributed by atoms with E-state index in [-0.39, 0.29) is 18.3 Å². The van der Waals surface area contributed by atoms with Gasteiger partial charge >= 0.3 is 0 Å². The lowest BCUT2D eigenvalue weighted by Crippen LogP contribution is -2.38. The topological polar surface area (TPSA) is 41.1 Å². The molecule has 128 valence electrons. The Balaban J connectivity index is 0.00000192. The third-order valence-electron chi connectivity index (χ3n) is 5.07. The first-order valence-corrected chi connectivity index (χ1v) is 8.85. The molecule has 23 heavy (non-hydrogen) atoms. The standard InChI is InChI=1S/C19H28N2O.ClH/c22-19(9-6-15-10-12-20-13-11-15)21-18(17-7-8-17)14-16-4-2-1-3-5-16;/h1-5,15,17-18,20H,6-14H2,(H,21,22);1H. The molecule has 3 nitrogen and oxygen atoms in total. The van der Waals surface area contributed by atoms with Crippen molar-refractivity contribution in [3.8, 4) is 0 Å². The van der Waals surface area contributed by atoms with Gasteiger partial charge in [-0.05, 0) is 69.0 Å². The van der Waals surface area contributed by atoms with Gasteiger partial charge in [-0.3, -0.25) is 4.79 Å². The molecule has 1 saturated heterocycles. The summed E-state index contributed by atoms with van der Waals surface area (Å²) in [5, 5.41) is 6.70. The minimum absolute atomic E-state index is 0. The van der Waals surface area contributed by atoms with Crippen molar-refractivity contribution in [2.45, 2.75) is 51.0 Å². The van der Waals surface area contributed by atoms with Crippen molar-refractivity contribution in [1.29, 1.82) is 0 Å². The molecule has 3 rings (SSSR count). The maximum Gasteiger partial charge on any atom is 0.220 e. The molecule has 0 bridgehead atoms. The highest BCUT2D eigenvalue weighted by molar-refractivity contribution is 5.85. The van der Waals surface area contributed by atoms with Crippen LogP contribution in [0.15, 0.2) is 30.3 Å². The summed E-state index contributed by atoms with van der Waals surface area (Å²) < 4.78 is 0. The van der Waals surface area contributed by atoms with Gasteiger partial charge in [0.05, 0.1) is 0 Å². The van der Waals surface area contributed by atoms with Crippen molar-refractivity contribution in [2.75, 3.05) is 13.1 Å². The normalized spacial score (nSPS) is 19.7. The van der Waals surface area contributed by atoms with E-state index in [1.165, 1.54) is 31.2 Å². The van der Waals surface area contributed by atoms with E-state index in [2.05, 4.69) is 34.9 Å². The van der Waals surface area contributed by atoms with Gasteiger partial charge in [0.25, 0.3) is 0 Å². The van der Waals surface area contributed by atoms with Crippen LogP contribution in [0.5, 0.6) is 0 Å². The second-order valence-electron chi connectivity index (χ2n) is 6.93. The van der Waals surface area contributed by atoms with Crippen LogP contribution in [0.2, 0.25) is 0 Å². The Hall–Kier alpha value is -1.06. The molecule has 4 heteroatoms. The van der Waals surface area contributed by atoms with Crippen molar-refractivity contribution in [2.24, 2.45) is 11.8 Å². The van der Waals surface area contributed by atoms with E-state index in [1.54, 1.807) is 0 Å². The lowest BCUT2D eigenvalue weighted by molar-refractivity contribution is -0.122. The van der Waals surface area contributed by atoms with Crippen LogP contribution < -0.4 is 10.6 Å². The average Bonchev–Trinajstić information content (AvgIpc) is 3.39. The summed E-state index contributed by atoms with van der Waals surface area (Å²) >= 11 is 0. The third kappa shape index (κ3) is 6.15. The Kier molecular flexibility index (Phi) is 7.38. The van der Waals surface area contributed by atoms with Crippen molar-refractivity contribution >= 4 is 18.3 Å². The molecule has 1 aliphatic carbocycles. The summed E-state index contributed by atoms with van der Waals surface area (Å²) in [6.07, 6.45) is 7.72. The Labute approximate surface area is 146 Å². The minimum atomic E-state index is 0. The number of piperidine rings is 1. The molecule has 0 radical (unpaired) electrons. The SMILES string of the molecule is Cl.O=C(CCC1CCNCC1)NC(Cc1ccccc1)C1CC1. The Morgan fingerprint density at radius 3 is 2.48 bits per heavy atom. The fraction of sp³-hybridized carbons (Fsp3) is 0.632. The van der Waals surface area contributed by atoms with Crippen molar-refractivity contribution < 1.29 is 4.79 Å². The number of nitrogens with one attached hydrogen (secondary N) is 2. The number of carbonyl (C=O) groups excluding carboxylic acids is 1. The van der Waals surface area contributed by atoms with E-state index in [0.717, 1.165) is 31.8 Å². The van der Waals surface area contributed by atoms with Crippen LogP contribution in [-0.4, -0.2) is 25.0 Å². The van der Waals surface area contributed by atoms with Crippen molar-refractivity contribution in [3.05, 3.63) is 35.9 Å². The number of benzene rings is 1. The Morgan fingerprint density at radius 2 is 1.83 bits per heavy atom. The number of carbonyl (C=O) groups is 1. The molecule has 2 N–H and O–H groups in total. The van der Waals surface area contributed by atoms with Crippen LogP contribution in [0.25, 0.3) is 0 Å². The molecule has 1 amide bonds. The lowest BCUT2D eigenvalue weighted by Gasteiger charge is -2.23. The molecule has 1 aliphatic heterocycles. The van der Waals surface area contributed by atoms with Gasteiger partial charge < -0.3 is 10.6 Å². The fourth-order valence-corrected chi connectivity index (χ4v) is 3.49. The first-order valence-electron chi connectivity index (χ1n) is 8.85. The Morgan fingerprint density at radius 1 is 1.13 bits per heavy atom. The molecule has 1 saturated carbocycles. The van der Waals surface area contributed by atoms with Crippen molar-refractivity contribution in [1.82, 2.24) is 10.6 Å². The summed E-state index contributed by atoms with van der Waals surface area (Å²) in [5.41, 5.74) is 1.33. The highest BCUT2D eigenvalue weighted by Crippen LogP contribution is 2.34. The second-order valence-corrected chi connectivity index (χ2v) is 6.93. The highest BCUT2D eigenvalue weighted by atomic mass is 35.5. The highest BCUT2D eigenvalue weighted by Gasteiger charge is 2.32. The fourth-order valence-electron chi connectivity index (χ4n) is 3.49. The lowest BCUT2D eigenvalue weighted by atomic mass is 9.93. The van der Waals surface area contributed by atoms with Gasteiger partial charge in [0.15, 0.2) is 0 Å². The number of halogens is 1. The zero-order chi connectivity index (χ0) is 15.2. The third-order valence-corrected chi connectivity index (χ3v) is 5.07. The molecule has 0 aromatic heterocycles. The quantitative estimate of drug-likeness (QED) is 0.802. The summed E-state index contributed by atoms with van der Waals surface area (Å²) in [4.78, 5) is 12.3. The van der Waals surface area contributed by atoms with Gasteiger partial charge in [0.1, 0.15) is 0 Å². The molecule has 2 fully saturated rings. The van der Waals surface area contributed by atoms with Crippen LogP contribution in [0.1, 0.15) is 44.1 Å². The van der Waals surface area contributed by atoms with Crippen LogP contribution in [-0.2, 0) is 11.2 Å². The molecule has 1 aromatic rings. The zero-order valence-electron chi connectivity index (χ0n) is 13.8. The predicted molar refractivity (Wildman–Crippen MR) is 96.9 cm³/mol. The van der Waals surface area contributed by atoms with Crippen LogP contribution in [0.3, 0.4) is 0 Å². The summed E-state index contributed by atoms with van der Waals surface area (Å²) in [6.45, 7) is 2.23. The van der Waals surface area contributed by atoms with E-state index >= 15 is 0 Å². The van der Waals surface area contributed by atoms with Crippen molar-refractivity contribution in [3.63, 3.8) is 0 Å². The molecule has 2 aliphatic rings. The maximum absolute atomic E-state index is 12.3. The maximum atomic E-state index is 12.3. The summed E-state index contributed by atoms with van der Waals surface area (Å²) in [7, 11) is 0. The monoisotopic (exact) mass is 336 g/mol. The van der Waals surface area contributed by atoms with E-state index in [1.807, 2.05) is 6.07 Å². The smallest absolute Gasteiger partial charge is 0.220 e. The number of hydrogen-bond acceptors (Lipinski definition) is 2.